The molecule has 4 aromatic rings. The SMILES string of the molecule is CCC1CC1C1(C(=O)NCc2cc(F)cc(C(F)(F)F)c2)CCC(N2CC[C@@]3(C=Cc4ccccc43)[C@@H](C)C2)C1.C[C@H]1CN(C2CCC(C(=O)NCc3cc(F)cc(C(F)(F)F)c3)(C3CC3CO)C2)CC[C@@]12C=Cc1ccccc12. The second-order valence-corrected chi connectivity index (χ2v) is 25.2. The van der Waals surface area contributed by atoms with Crippen LogP contribution in [0.2, 0.25) is 0 Å². The van der Waals surface area contributed by atoms with Crippen LogP contribution in [0.3, 0.4) is 0 Å². The van der Waals surface area contributed by atoms with Gasteiger partial charge in [0.05, 0.1) is 22.0 Å². The Balaban J connectivity index is 0.000000169. The summed E-state index contributed by atoms with van der Waals surface area (Å²) < 4.78 is 107. The molecule has 4 saturated carbocycles. The summed E-state index contributed by atoms with van der Waals surface area (Å²) in [7, 11) is 0. The molecule has 2 amide bonds. The second kappa shape index (κ2) is 21.4. The minimum absolute atomic E-state index is 0.0260. The van der Waals surface area contributed by atoms with E-state index < -0.39 is 45.9 Å². The number of likely N-dealkylation sites (tertiary alicyclic amines) is 2. The number of aliphatic hydroxyl groups excluding tert-OH is 1. The zero-order valence-corrected chi connectivity index (χ0v) is 45.9. The van der Waals surface area contributed by atoms with Crippen molar-refractivity contribution < 1.29 is 49.8 Å². The topological polar surface area (TPSA) is 84.9 Å². The first-order valence-electron chi connectivity index (χ1n) is 29.1. The fourth-order valence-corrected chi connectivity index (χ4v) is 16.3. The molecule has 0 bridgehead atoms. The molecule has 6 fully saturated rings. The molecule has 12 rings (SSSR count). The van der Waals surface area contributed by atoms with Crippen molar-refractivity contribution in [3.05, 3.63) is 153 Å². The van der Waals surface area contributed by atoms with Crippen LogP contribution < -0.4 is 10.6 Å². The van der Waals surface area contributed by atoms with Gasteiger partial charge in [0, 0.05) is 55.7 Å². The van der Waals surface area contributed by atoms with Crippen molar-refractivity contribution in [2.24, 2.45) is 46.3 Å². The first-order valence-corrected chi connectivity index (χ1v) is 29.1. The Morgan fingerprint density at radius 1 is 0.613 bits per heavy atom. The zero-order valence-electron chi connectivity index (χ0n) is 45.9. The maximum absolute atomic E-state index is 14.0. The molecule has 2 heterocycles. The van der Waals surface area contributed by atoms with Crippen molar-refractivity contribution >= 4 is 24.0 Å². The highest BCUT2D eigenvalue weighted by Gasteiger charge is 2.62. The predicted molar refractivity (Wildman–Crippen MR) is 292 cm³/mol. The third kappa shape index (κ3) is 10.5. The van der Waals surface area contributed by atoms with E-state index in [1.807, 2.05) is 0 Å². The molecule has 80 heavy (non-hydrogen) atoms. The largest absolute Gasteiger partial charge is 0.416 e. The van der Waals surface area contributed by atoms with Crippen LogP contribution >= 0.6 is 0 Å². The molecule has 2 spiro atoms. The normalized spacial score (nSPS) is 33.4. The fraction of sp³-hybridized carbons (Fsp3) is 0.538. The Morgan fingerprint density at radius 2 is 1.04 bits per heavy atom. The van der Waals surface area contributed by atoms with Gasteiger partial charge in [0.2, 0.25) is 11.8 Å². The van der Waals surface area contributed by atoms with Crippen molar-refractivity contribution in [3.8, 4) is 0 Å². The first kappa shape index (κ1) is 56.5. The van der Waals surface area contributed by atoms with Crippen molar-refractivity contribution in [1.82, 2.24) is 20.4 Å². The second-order valence-electron chi connectivity index (χ2n) is 25.2. The Bertz CT molecular complexity index is 2850. The number of nitrogens with one attached hydrogen (secondary N) is 2. The molecule has 7 nitrogen and oxygen atoms in total. The average molecular weight is 1110 g/mol. The third-order valence-corrected chi connectivity index (χ3v) is 20.9. The number of alkyl halides is 6. The fourth-order valence-electron chi connectivity index (χ4n) is 16.3. The zero-order chi connectivity index (χ0) is 56.6. The van der Waals surface area contributed by atoms with Crippen LogP contribution in [0, 0.1) is 58.0 Å². The molecule has 8 aliphatic rings. The highest BCUT2D eigenvalue weighted by molar-refractivity contribution is 5.84. The molecule has 15 heteroatoms. The average Bonchev–Trinajstić information content (AvgIpc) is 4.18. The molecule has 428 valence electrons. The molecule has 0 aromatic heterocycles. The molecule has 6 aliphatic carbocycles. The Hall–Kier alpha value is -5.38. The van der Waals surface area contributed by atoms with Crippen molar-refractivity contribution in [2.75, 3.05) is 32.8 Å². The highest BCUT2D eigenvalue weighted by atomic mass is 19.4. The van der Waals surface area contributed by atoms with E-state index in [1.54, 1.807) is 0 Å². The van der Waals surface area contributed by atoms with Gasteiger partial charge in [-0.2, -0.15) is 26.3 Å². The van der Waals surface area contributed by atoms with Crippen LogP contribution in [-0.2, 0) is 45.9 Å². The molecular weight excluding hydrogens is 1040 g/mol. The van der Waals surface area contributed by atoms with Gasteiger partial charge in [0.1, 0.15) is 11.6 Å². The lowest BCUT2D eigenvalue weighted by molar-refractivity contribution is -0.138. The summed E-state index contributed by atoms with van der Waals surface area (Å²) in [5, 5.41) is 15.6. The van der Waals surface area contributed by atoms with Gasteiger partial charge in [-0.25, -0.2) is 8.78 Å². The van der Waals surface area contributed by atoms with Crippen molar-refractivity contribution in [2.45, 2.75) is 140 Å². The molecule has 4 aromatic carbocycles. The standard InChI is InChI=1S/C33H38F4N2O.C32H36F4N2O2/c1-3-23-16-29(23)32(30(40)38-19-22-14-25(33(35,36)37)17-26(34)15-22)11-9-27(18-32)39-13-12-31(21(2)20-39)10-8-24-6-4-5-7-28(24)31;1-20-18-38(11-10-30(20)8-6-22-4-2-3-5-27(22)30)26-7-9-31(16-26,28-14-23(28)19-39)29(40)37-17-21-12-24(32(34,35)36)15-25(33)13-21/h4-8,10,14-15,17,21,23,27,29H,3,9,11-13,16,18-20H2,1-2H3,(H,38,40);2-6,8,12-13,15,20,23,26,28,39H,7,9-11,14,16-19H2,1H3,(H,37,40)/t21-,23?,27?,29?,31-,32?;20-,23?,26?,28?,30-,31?/m00/s1. The van der Waals surface area contributed by atoms with Gasteiger partial charge < -0.3 is 15.7 Å². The molecule has 8 unspecified atom stereocenters. The smallest absolute Gasteiger partial charge is 0.396 e. The summed E-state index contributed by atoms with van der Waals surface area (Å²) in [5.74, 6) is -0.396. The van der Waals surface area contributed by atoms with Gasteiger partial charge in [-0.05, 0) is 183 Å². The predicted octanol–water partition coefficient (Wildman–Crippen LogP) is 13.3. The number of carbonyl (C=O) groups is 2. The Labute approximate surface area is 464 Å². The number of carbonyl (C=O) groups excluding carboxylic acids is 2. The maximum atomic E-state index is 14.0. The number of nitrogens with zero attached hydrogens (tertiary/aromatic N) is 2. The highest BCUT2D eigenvalue weighted by Crippen LogP contribution is 2.62. The quantitative estimate of drug-likeness (QED) is 0.123. The van der Waals surface area contributed by atoms with Gasteiger partial charge in [-0.3, -0.25) is 19.4 Å². The van der Waals surface area contributed by atoms with Crippen LogP contribution in [0.25, 0.3) is 12.2 Å². The summed E-state index contributed by atoms with van der Waals surface area (Å²) in [5.41, 5.74) is 2.50. The number of benzene rings is 4. The number of aliphatic hydroxyl groups is 1. The first-order chi connectivity index (χ1) is 38.1. The summed E-state index contributed by atoms with van der Waals surface area (Å²) >= 11 is 0. The van der Waals surface area contributed by atoms with Crippen LogP contribution in [0.4, 0.5) is 35.1 Å². The minimum atomic E-state index is -4.66. The molecule has 2 saturated heterocycles. The summed E-state index contributed by atoms with van der Waals surface area (Å²) in [4.78, 5) is 32.7. The maximum Gasteiger partial charge on any atom is 0.416 e. The van der Waals surface area contributed by atoms with Gasteiger partial charge in [-0.15, -0.1) is 0 Å². The van der Waals surface area contributed by atoms with E-state index in [-0.39, 0.29) is 71.3 Å². The van der Waals surface area contributed by atoms with E-state index in [1.165, 1.54) is 22.3 Å². The minimum Gasteiger partial charge on any atom is -0.396 e. The number of hydrogen-bond acceptors (Lipinski definition) is 5. The van der Waals surface area contributed by atoms with E-state index in [0.717, 1.165) is 108 Å². The van der Waals surface area contributed by atoms with Crippen molar-refractivity contribution in [3.63, 3.8) is 0 Å². The van der Waals surface area contributed by atoms with E-state index in [9.17, 15) is 49.8 Å². The van der Waals surface area contributed by atoms with E-state index in [2.05, 4.69) is 114 Å². The summed E-state index contributed by atoms with van der Waals surface area (Å²) in [6.07, 6.45) is 9.62. The monoisotopic (exact) mass is 1110 g/mol. The number of hydrogen-bond donors (Lipinski definition) is 3. The number of amides is 2. The number of piperidine rings is 2. The Kier molecular flexibility index (Phi) is 15.1. The molecule has 0 radical (unpaired) electrons. The van der Waals surface area contributed by atoms with E-state index in [4.69, 9.17) is 0 Å². The summed E-state index contributed by atoms with van der Waals surface area (Å²) in [6.45, 7) is 10.4. The number of rotatable bonds is 12. The van der Waals surface area contributed by atoms with E-state index in [0.29, 0.717) is 54.7 Å². The summed E-state index contributed by atoms with van der Waals surface area (Å²) in [6, 6.07) is 22.7. The third-order valence-electron chi connectivity index (χ3n) is 20.9. The Morgan fingerprint density at radius 3 is 1.43 bits per heavy atom. The van der Waals surface area contributed by atoms with Crippen LogP contribution in [0.1, 0.15) is 136 Å². The molecule has 2 aliphatic heterocycles. The van der Waals surface area contributed by atoms with Crippen LogP contribution in [0.15, 0.2) is 97.1 Å². The van der Waals surface area contributed by atoms with Gasteiger partial charge >= 0.3 is 12.4 Å². The lowest BCUT2D eigenvalue weighted by atomic mass is 9.67. The number of fused-ring (bicyclic) bond motifs is 4. The van der Waals surface area contributed by atoms with Gasteiger partial charge in [0.25, 0.3) is 0 Å². The molecular formula is C65H74F8N4O3. The lowest BCUT2D eigenvalue weighted by Gasteiger charge is -2.46. The van der Waals surface area contributed by atoms with Gasteiger partial charge in [0.15, 0.2) is 0 Å². The molecule has 12 atom stereocenters. The number of halogens is 8. The van der Waals surface area contributed by atoms with E-state index >= 15 is 0 Å². The number of allylic oxidation sites excluding steroid dienone is 2. The van der Waals surface area contributed by atoms with Gasteiger partial charge in [-0.1, -0.05) is 100 Å². The van der Waals surface area contributed by atoms with Crippen LogP contribution in [-0.4, -0.2) is 71.6 Å². The molecule has 3 N–H and O–H groups in total. The van der Waals surface area contributed by atoms with Crippen molar-refractivity contribution in [1.29, 1.82) is 0 Å². The lowest BCUT2D eigenvalue weighted by Crippen LogP contribution is -2.51. The van der Waals surface area contributed by atoms with Crippen LogP contribution in [0.5, 0.6) is 0 Å².